The van der Waals surface area contributed by atoms with E-state index < -0.39 is 5.97 Å². The minimum Gasteiger partial charge on any atom is -0.481 e. The number of aliphatic carboxylic acids is 1. The molecule has 0 unspecified atom stereocenters. The van der Waals surface area contributed by atoms with Gasteiger partial charge in [0.2, 0.25) is 0 Å². The van der Waals surface area contributed by atoms with Crippen LogP contribution in [0.15, 0.2) is 24.7 Å². The topological polar surface area (TPSA) is 114 Å². The van der Waals surface area contributed by atoms with E-state index in [1.165, 1.54) is 0 Å². The maximum Gasteiger partial charge on any atom is 0.303 e. The smallest absolute Gasteiger partial charge is 0.303 e. The van der Waals surface area contributed by atoms with Gasteiger partial charge in [0.15, 0.2) is 0 Å². The fraction of sp³-hybridized carbons (Fsp3) is 0.542. The predicted molar refractivity (Wildman–Crippen MR) is 124 cm³/mol. The summed E-state index contributed by atoms with van der Waals surface area (Å²) in [6.07, 6.45) is 9.44. The van der Waals surface area contributed by atoms with Crippen LogP contribution in [0.3, 0.4) is 0 Å². The van der Waals surface area contributed by atoms with Gasteiger partial charge in [-0.25, -0.2) is 4.98 Å². The van der Waals surface area contributed by atoms with Crippen LogP contribution < -0.4 is 5.32 Å². The molecule has 8 nitrogen and oxygen atoms in total. The fourth-order valence-corrected chi connectivity index (χ4v) is 4.88. The van der Waals surface area contributed by atoms with Crippen LogP contribution in [0.25, 0.3) is 11.3 Å². The summed E-state index contributed by atoms with van der Waals surface area (Å²) in [4.78, 5) is 37.1. The summed E-state index contributed by atoms with van der Waals surface area (Å²) in [6, 6.07) is 1.80. The molecule has 2 aliphatic rings. The van der Waals surface area contributed by atoms with Crippen molar-refractivity contribution in [2.45, 2.75) is 44.9 Å². The molecule has 4 rings (SSSR count). The van der Waals surface area contributed by atoms with Crippen molar-refractivity contribution in [1.29, 1.82) is 0 Å². The number of carbonyl (C=O) groups is 2. The molecular formula is C24H29ClN4O4. The van der Waals surface area contributed by atoms with E-state index in [4.69, 9.17) is 21.4 Å². The van der Waals surface area contributed by atoms with E-state index in [1.807, 2.05) is 0 Å². The number of ether oxygens (including phenoxy) is 1. The van der Waals surface area contributed by atoms with Gasteiger partial charge < -0.3 is 15.2 Å². The number of rotatable bonds is 9. The molecule has 0 spiro atoms. The van der Waals surface area contributed by atoms with Gasteiger partial charge in [-0.1, -0.05) is 11.6 Å². The quantitative estimate of drug-likeness (QED) is 0.562. The second kappa shape index (κ2) is 11.0. The van der Waals surface area contributed by atoms with Crippen molar-refractivity contribution in [3.05, 3.63) is 35.4 Å². The molecule has 3 heterocycles. The molecule has 2 aromatic rings. The normalized spacial score (nSPS) is 21.1. The number of hydrogen-bond donors (Lipinski definition) is 2. The molecule has 0 amide bonds. The number of hydrogen-bond acceptors (Lipinski definition) is 7. The van der Waals surface area contributed by atoms with Gasteiger partial charge in [0.05, 0.1) is 23.1 Å². The van der Waals surface area contributed by atoms with Crippen molar-refractivity contribution in [2.75, 3.05) is 25.1 Å². The third-order valence-corrected chi connectivity index (χ3v) is 6.85. The van der Waals surface area contributed by atoms with Crippen LogP contribution in [-0.4, -0.2) is 51.6 Å². The van der Waals surface area contributed by atoms with Gasteiger partial charge in [-0.15, -0.1) is 0 Å². The highest BCUT2D eigenvalue weighted by molar-refractivity contribution is 6.33. The molecule has 2 fully saturated rings. The van der Waals surface area contributed by atoms with Crippen molar-refractivity contribution in [1.82, 2.24) is 15.0 Å². The van der Waals surface area contributed by atoms with Crippen molar-refractivity contribution in [2.24, 2.45) is 17.8 Å². The Morgan fingerprint density at radius 2 is 1.94 bits per heavy atom. The zero-order valence-electron chi connectivity index (χ0n) is 18.5. The van der Waals surface area contributed by atoms with E-state index in [0.717, 1.165) is 45.4 Å². The molecule has 1 saturated heterocycles. The van der Waals surface area contributed by atoms with Crippen LogP contribution in [0, 0.1) is 17.8 Å². The molecule has 1 aliphatic heterocycles. The summed E-state index contributed by atoms with van der Waals surface area (Å²) in [5.41, 5.74) is 1.94. The number of halogens is 1. The van der Waals surface area contributed by atoms with Gasteiger partial charge in [0.25, 0.3) is 0 Å². The highest BCUT2D eigenvalue weighted by atomic mass is 35.5. The Morgan fingerprint density at radius 3 is 2.73 bits per heavy atom. The lowest BCUT2D eigenvalue weighted by Crippen LogP contribution is -2.23. The molecule has 2 atom stereocenters. The number of Topliss-reactive ketones (excluding diaryl/α,β-unsaturated/α-hetero) is 1. The lowest BCUT2D eigenvalue weighted by Gasteiger charge is -2.22. The van der Waals surface area contributed by atoms with Gasteiger partial charge in [0, 0.05) is 56.0 Å². The fourth-order valence-electron chi connectivity index (χ4n) is 4.68. The van der Waals surface area contributed by atoms with Crippen molar-refractivity contribution < 1.29 is 19.4 Å². The molecule has 33 heavy (non-hydrogen) atoms. The Bertz CT molecular complexity index is 996. The molecule has 1 aliphatic carbocycles. The van der Waals surface area contributed by atoms with Crippen molar-refractivity contribution in [3.63, 3.8) is 0 Å². The highest BCUT2D eigenvalue weighted by Crippen LogP contribution is 2.34. The first-order valence-electron chi connectivity index (χ1n) is 11.5. The van der Waals surface area contributed by atoms with Crippen LogP contribution in [0.5, 0.6) is 0 Å². The zero-order chi connectivity index (χ0) is 23.2. The number of aromatic nitrogens is 3. The van der Waals surface area contributed by atoms with Crippen LogP contribution in [0.1, 0.15) is 44.2 Å². The van der Waals surface area contributed by atoms with Crippen molar-refractivity contribution >= 4 is 29.2 Å². The lowest BCUT2D eigenvalue weighted by atomic mass is 9.95. The predicted octanol–water partition coefficient (Wildman–Crippen LogP) is 4.03. The Hall–Kier alpha value is -2.58. The first-order chi connectivity index (χ1) is 16.0. The van der Waals surface area contributed by atoms with Gasteiger partial charge >= 0.3 is 5.97 Å². The van der Waals surface area contributed by atoms with E-state index in [2.05, 4.69) is 20.3 Å². The minimum atomic E-state index is -0.803. The SMILES string of the molecule is O=C(O)C[C@@H]1CC[C@@H](C(=O)Cc2cc(-c3cncc(NCC4CCOCC4)n3)c(Cl)cn2)C1. The Labute approximate surface area is 198 Å². The number of carbonyl (C=O) groups excluding carboxylic acids is 1. The Morgan fingerprint density at radius 1 is 1.12 bits per heavy atom. The molecule has 2 N–H and O–H groups in total. The Kier molecular flexibility index (Phi) is 7.88. The number of nitrogens with one attached hydrogen (secondary N) is 1. The van der Waals surface area contributed by atoms with Crippen LogP contribution in [0.4, 0.5) is 5.82 Å². The van der Waals surface area contributed by atoms with Gasteiger partial charge in [0.1, 0.15) is 11.6 Å². The lowest BCUT2D eigenvalue weighted by molar-refractivity contribution is -0.138. The van der Waals surface area contributed by atoms with E-state index in [9.17, 15) is 9.59 Å². The van der Waals surface area contributed by atoms with Crippen LogP contribution in [-0.2, 0) is 20.7 Å². The number of carboxylic acids is 1. The summed E-state index contributed by atoms with van der Waals surface area (Å²) >= 11 is 6.41. The molecule has 0 bridgehead atoms. The standard InChI is InChI=1S/C24H29ClN4O4/c25-20-12-27-18(10-22(30)17-2-1-16(7-17)8-24(31)32)9-19(20)21-13-26-14-23(29-21)28-11-15-3-5-33-6-4-15/h9,12-17H,1-8,10-11H2,(H,28,29)(H,31,32)/t16-,17-/m1/s1. The van der Waals surface area contributed by atoms with E-state index >= 15 is 0 Å². The largest absolute Gasteiger partial charge is 0.481 e. The van der Waals surface area contributed by atoms with Gasteiger partial charge in [-0.05, 0) is 50.0 Å². The maximum absolute atomic E-state index is 12.8. The van der Waals surface area contributed by atoms with Crippen molar-refractivity contribution in [3.8, 4) is 11.3 Å². The molecule has 0 radical (unpaired) electrons. The summed E-state index contributed by atoms with van der Waals surface area (Å²) in [5.74, 6) is 0.505. The first-order valence-corrected chi connectivity index (χ1v) is 11.9. The average Bonchev–Trinajstić information content (AvgIpc) is 3.28. The van der Waals surface area contributed by atoms with Crippen LogP contribution >= 0.6 is 11.6 Å². The number of anilines is 1. The highest BCUT2D eigenvalue weighted by Gasteiger charge is 2.31. The third kappa shape index (κ3) is 6.48. The summed E-state index contributed by atoms with van der Waals surface area (Å²) in [6.45, 7) is 2.41. The summed E-state index contributed by atoms with van der Waals surface area (Å²) in [7, 11) is 0. The Balaban J connectivity index is 1.41. The number of carboxylic acid groups (broad SMARTS) is 1. The van der Waals surface area contributed by atoms with Gasteiger partial charge in [-0.2, -0.15) is 0 Å². The second-order valence-corrected chi connectivity index (χ2v) is 9.41. The molecule has 1 saturated carbocycles. The molecule has 9 heteroatoms. The average molecular weight is 473 g/mol. The third-order valence-electron chi connectivity index (χ3n) is 6.55. The molecule has 176 valence electrons. The molecule has 2 aromatic heterocycles. The zero-order valence-corrected chi connectivity index (χ0v) is 19.3. The minimum absolute atomic E-state index is 0.0804. The van der Waals surface area contributed by atoms with E-state index in [0.29, 0.717) is 40.1 Å². The monoisotopic (exact) mass is 472 g/mol. The second-order valence-electron chi connectivity index (χ2n) is 9.00. The van der Waals surface area contributed by atoms with E-state index in [1.54, 1.807) is 24.7 Å². The van der Waals surface area contributed by atoms with E-state index in [-0.39, 0.29) is 30.5 Å². The summed E-state index contributed by atoms with van der Waals surface area (Å²) < 4.78 is 5.41. The summed E-state index contributed by atoms with van der Waals surface area (Å²) in [5, 5.41) is 12.8. The van der Waals surface area contributed by atoms with Crippen LogP contribution in [0.2, 0.25) is 5.02 Å². The first kappa shape index (κ1) is 23.6. The molecule has 0 aromatic carbocycles. The maximum atomic E-state index is 12.8. The van der Waals surface area contributed by atoms with Gasteiger partial charge in [-0.3, -0.25) is 19.6 Å². The number of pyridine rings is 1. The molecular weight excluding hydrogens is 444 g/mol. The number of ketones is 1. The number of nitrogens with zero attached hydrogens (tertiary/aromatic N) is 3.